The molecule has 1 atom stereocenters. The molecule has 52 heavy (non-hydrogen) atoms. The normalized spacial score (nSPS) is 11.3. The Hall–Kier alpha value is -5.68. The zero-order valence-corrected chi connectivity index (χ0v) is 30.4. The Bertz CT molecular complexity index is 1850. The van der Waals surface area contributed by atoms with Gasteiger partial charge in [0.15, 0.2) is 11.5 Å². The Morgan fingerprint density at radius 2 is 1.40 bits per heavy atom. The van der Waals surface area contributed by atoms with Crippen molar-refractivity contribution in [2.75, 3.05) is 27.4 Å². The highest BCUT2D eigenvalue weighted by Gasteiger charge is 2.15. The average Bonchev–Trinajstić information content (AvgIpc) is 3.17. The summed E-state index contributed by atoms with van der Waals surface area (Å²) in [6.45, 7) is 6.84. The molecule has 0 aliphatic carbocycles. The van der Waals surface area contributed by atoms with E-state index >= 15 is 0 Å². The minimum absolute atomic E-state index is 0.412. The van der Waals surface area contributed by atoms with Gasteiger partial charge >= 0.3 is 11.9 Å². The van der Waals surface area contributed by atoms with E-state index in [-0.39, 0.29) is 0 Å². The van der Waals surface area contributed by atoms with Gasteiger partial charge in [0, 0.05) is 29.7 Å². The molecular weight excluding hydrogens is 656 g/mol. The van der Waals surface area contributed by atoms with Crippen molar-refractivity contribution in [1.29, 1.82) is 0 Å². The summed E-state index contributed by atoms with van der Waals surface area (Å²) in [7, 11) is 2.94. The van der Waals surface area contributed by atoms with Gasteiger partial charge in [0.2, 0.25) is 6.29 Å². The van der Waals surface area contributed by atoms with Crippen LogP contribution in [0.3, 0.4) is 0 Å². The fourth-order valence-corrected chi connectivity index (χ4v) is 5.26. The number of benzene rings is 4. The van der Waals surface area contributed by atoms with Crippen molar-refractivity contribution in [3.05, 3.63) is 114 Å². The van der Waals surface area contributed by atoms with Gasteiger partial charge in [-0.3, -0.25) is 0 Å². The minimum atomic E-state index is -0.652. The summed E-state index contributed by atoms with van der Waals surface area (Å²) in [6, 6.07) is 25.2. The van der Waals surface area contributed by atoms with Gasteiger partial charge in [-0.15, -0.1) is 0 Å². The first-order valence-corrected chi connectivity index (χ1v) is 17.8. The number of hydrogen-bond donors (Lipinski definition) is 0. The fourth-order valence-electron chi connectivity index (χ4n) is 5.26. The monoisotopic (exact) mass is 704 g/mol. The standard InChI is InChI=1S/C44H48O8/c1-5-7-10-13-44(52-42(45)6-2)51-39-25-22-36-30-34(16-21-37(36)32-39)15-14-33-17-23-38(24-18-33)49-28-11-8-9-12-29-50-40-26-19-35(31-41(40)47-3)20-27-43(46)48-4/h6,16-27,30-32,44H,2,5,7-13,28-29H2,1,3-4H3. The molecule has 0 saturated carbocycles. The van der Waals surface area contributed by atoms with Crippen LogP contribution in [0.25, 0.3) is 16.8 Å². The van der Waals surface area contributed by atoms with Crippen LogP contribution in [-0.2, 0) is 19.1 Å². The summed E-state index contributed by atoms with van der Waals surface area (Å²) in [5, 5.41) is 2.05. The number of esters is 2. The second-order valence-corrected chi connectivity index (χ2v) is 12.1. The van der Waals surface area contributed by atoms with E-state index in [1.165, 1.54) is 13.2 Å². The maximum absolute atomic E-state index is 11.8. The molecule has 0 N–H and O–H groups in total. The molecule has 4 aromatic carbocycles. The quantitative estimate of drug-likeness (QED) is 0.0296. The van der Waals surface area contributed by atoms with Crippen molar-refractivity contribution in [2.24, 2.45) is 0 Å². The summed E-state index contributed by atoms with van der Waals surface area (Å²) in [5.41, 5.74) is 2.63. The molecule has 1 unspecified atom stereocenters. The van der Waals surface area contributed by atoms with Crippen LogP contribution in [0.1, 0.15) is 75.0 Å². The number of methoxy groups -OCH3 is 2. The van der Waals surface area contributed by atoms with E-state index in [1.807, 2.05) is 72.8 Å². The molecule has 4 rings (SSSR count). The smallest absolute Gasteiger partial charge is 0.333 e. The summed E-state index contributed by atoms with van der Waals surface area (Å²) >= 11 is 0. The SMILES string of the molecule is C=CC(=O)OC(CCCCC)Oc1ccc2cc(C#Cc3ccc(OCCCCCCOc4ccc(C=CC(=O)OC)cc4OC)cc3)ccc2c1. The molecule has 0 bridgehead atoms. The number of rotatable bonds is 20. The third-order valence-electron chi connectivity index (χ3n) is 8.11. The average molecular weight is 705 g/mol. The molecule has 272 valence electrons. The number of carbonyl (C=O) groups excluding carboxylic acids is 2. The van der Waals surface area contributed by atoms with Crippen molar-refractivity contribution in [1.82, 2.24) is 0 Å². The Morgan fingerprint density at radius 1 is 0.712 bits per heavy atom. The van der Waals surface area contributed by atoms with E-state index in [0.29, 0.717) is 36.9 Å². The number of unbranched alkanes of at least 4 members (excludes halogenated alkanes) is 5. The largest absolute Gasteiger partial charge is 0.494 e. The molecular formula is C44H48O8. The maximum atomic E-state index is 11.8. The molecule has 0 fully saturated rings. The molecule has 0 amide bonds. The molecule has 0 aliphatic rings. The van der Waals surface area contributed by atoms with Crippen molar-refractivity contribution in [3.8, 4) is 34.8 Å². The number of hydrogen-bond acceptors (Lipinski definition) is 8. The van der Waals surface area contributed by atoms with Crippen LogP contribution in [0.4, 0.5) is 0 Å². The van der Waals surface area contributed by atoms with Gasteiger partial charge in [-0.2, -0.15) is 0 Å². The van der Waals surface area contributed by atoms with Crippen LogP contribution in [0.15, 0.2) is 97.6 Å². The van der Waals surface area contributed by atoms with Crippen LogP contribution in [0, 0.1) is 11.8 Å². The van der Waals surface area contributed by atoms with E-state index in [2.05, 4.69) is 36.1 Å². The second kappa shape index (κ2) is 21.5. The van der Waals surface area contributed by atoms with Crippen molar-refractivity contribution in [3.63, 3.8) is 0 Å². The highest BCUT2D eigenvalue weighted by Crippen LogP contribution is 2.29. The third-order valence-corrected chi connectivity index (χ3v) is 8.11. The summed E-state index contributed by atoms with van der Waals surface area (Å²) in [6.07, 6.45) is 11.1. The van der Waals surface area contributed by atoms with Gasteiger partial charge in [-0.05, 0) is 115 Å². The van der Waals surface area contributed by atoms with Gasteiger partial charge in [0.25, 0.3) is 0 Å². The molecule has 4 aromatic rings. The molecule has 0 radical (unpaired) electrons. The second-order valence-electron chi connectivity index (χ2n) is 12.1. The third kappa shape index (κ3) is 13.2. The molecule has 0 aromatic heterocycles. The summed E-state index contributed by atoms with van der Waals surface area (Å²) < 4.78 is 33.4. The van der Waals surface area contributed by atoms with Crippen LogP contribution in [0.2, 0.25) is 0 Å². The van der Waals surface area contributed by atoms with Gasteiger partial charge in [0.1, 0.15) is 11.5 Å². The highest BCUT2D eigenvalue weighted by molar-refractivity contribution is 5.87. The van der Waals surface area contributed by atoms with Gasteiger partial charge in [-0.1, -0.05) is 56.4 Å². The highest BCUT2D eigenvalue weighted by atomic mass is 16.7. The van der Waals surface area contributed by atoms with Crippen LogP contribution >= 0.6 is 0 Å². The van der Waals surface area contributed by atoms with Crippen LogP contribution in [-0.4, -0.2) is 45.7 Å². The van der Waals surface area contributed by atoms with Gasteiger partial charge < -0.3 is 28.4 Å². The zero-order valence-electron chi connectivity index (χ0n) is 30.4. The van der Waals surface area contributed by atoms with Gasteiger partial charge in [-0.25, -0.2) is 9.59 Å². The van der Waals surface area contributed by atoms with Crippen molar-refractivity contribution in [2.45, 2.75) is 64.6 Å². The molecule has 0 saturated heterocycles. The first-order chi connectivity index (χ1) is 25.4. The predicted molar refractivity (Wildman–Crippen MR) is 205 cm³/mol. The molecule has 0 aliphatic heterocycles. The van der Waals surface area contributed by atoms with Crippen molar-refractivity contribution >= 4 is 28.8 Å². The zero-order chi connectivity index (χ0) is 37.0. The molecule has 0 spiro atoms. The van der Waals surface area contributed by atoms with Crippen LogP contribution in [0.5, 0.6) is 23.0 Å². The Kier molecular flexibility index (Phi) is 16.2. The lowest BCUT2D eigenvalue weighted by molar-refractivity contribution is -0.158. The first kappa shape index (κ1) is 39.1. The number of ether oxygens (including phenoxy) is 6. The van der Waals surface area contributed by atoms with E-state index in [1.54, 1.807) is 13.2 Å². The summed E-state index contributed by atoms with van der Waals surface area (Å²) in [5.74, 6) is 8.35. The Balaban J connectivity index is 1.17. The van der Waals surface area contributed by atoms with E-state index in [0.717, 1.165) is 84.2 Å². The minimum Gasteiger partial charge on any atom is -0.494 e. The molecule has 8 nitrogen and oxygen atoms in total. The summed E-state index contributed by atoms with van der Waals surface area (Å²) in [4.78, 5) is 23.1. The Morgan fingerprint density at radius 3 is 2.13 bits per heavy atom. The lowest BCUT2D eigenvalue weighted by Crippen LogP contribution is -2.23. The maximum Gasteiger partial charge on any atom is 0.333 e. The molecule has 0 heterocycles. The van der Waals surface area contributed by atoms with E-state index in [4.69, 9.17) is 23.7 Å². The number of fused-ring (bicyclic) bond motifs is 1. The Labute approximate surface area is 307 Å². The van der Waals surface area contributed by atoms with Crippen molar-refractivity contribution < 1.29 is 38.0 Å². The lowest BCUT2D eigenvalue weighted by Gasteiger charge is -2.19. The fraction of sp³-hybridized carbons (Fsp3) is 0.318. The number of carbonyl (C=O) groups is 2. The first-order valence-electron chi connectivity index (χ1n) is 17.8. The van der Waals surface area contributed by atoms with Crippen LogP contribution < -0.4 is 18.9 Å². The van der Waals surface area contributed by atoms with Gasteiger partial charge in [0.05, 0.1) is 27.4 Å². The van der Waals surface area contributed by atoms with E-state index < -0.39 is 18.2 Å². The molecule has 8 heteroatoms. The predicted octanol–water partition coefficient (Wildman–Crippen LogP) is 9.47. The van der Waals surface area contributed by atoms with E-state index in [9.17, 15) is 9.59 Å². The lowest BCUT2D eigenvalue weighted by atomic mass is 10.1. The topological polar surface area (TPSA) is 89.5 Å².